The second-order valence-electron chi connectivity index (χ2n) is 9.73. The summed E-state index contributed by atoms with van der Waals surface area (Å²) in [5.74, 6) is 1.02. The van der Waals surface area contributed by atoms with Gasteiger partial charge in [0, 0.05) is 43.4 Å². The molecule has 1 saturated carbocycles. The van der Waals surface area contributed by atoms with Crippen molar-refractivity contribution in [3.05, 3.63) is 59.2 Å². The minimum Gasteiger partial charge on any atom is -0.342 e. The van der Waals surface area contributed by atoms with Crippen LogP contribution in [0.15, 0.2) is 47.5 Å². The van der Waals surface area contributed by atoms with Crippen molar-refractivity contribution < 1.29 is 9.59 Å². The van der Waals surface area contributed by atoms with Gasteiger partial charge in [-0.1, -0.05) is 24.3 Å². The summed E-state index contributed by atoms with van der Waals surface area (Å²) in [6.45, 7) is 7.21. The second kappa shape index (κ2) is 8.53. The van der Waals surface area contributed by atoms with E-state index in [0.29, 0.717) is 18.4 Å². The SMILES string of the molecule is CC(C)N(C[C@@H]1CCN(C(=O)C2CC2)C1)C(=O)c1ccc(-c2ccc3c(c2)CN=C3)cc1. The predicted octanol–water partition coefficient (Wildman–Crippen LogP) is 4.40. The van der Waals surface area contributed by atoms with Gasteiger partial charge in [0.05, 0.1) is 6.54 Å². The highest BCUT2D eigenvalue weighted by Crippen LogP contribution is 2.33. The van der Waals surface area contributed by atoms with Crippen molar-refractivity contribution >= 4 is 18.0 Å². The molecule has 1 atom stereocenters. The first-order chi connectivity index (χ1) is 15.5. The highest BCUT2D eigenvalue weighted by atomic mass is 16.2. The Bertz CT molecular complexity index is 1050. The van der Waals surface area contributed by atoms with Gasteiger partial charge in [-0.2, -0.15) is 0 Å². The maximum Gasteiger partial charge on any atom is 0.254 e. The first-order valence-electron chi connectivity index (χ1n) is 11.8. The number of amides is 2. The fourth-order valence-electron chi connectivity index (χ4n) is 4.84. The van der Waals surface area contributed by atoms with Gasteiger partial charge in [-0.15, -0.1) is 0 Å². The molecule has 0 radical (unpaired) electrons. The molecule has 166 valence electrons. The summed E-state index contributed by atoms with van der Waals surface area (Å²) in [7, 11) is 0. The van der Waals surface area contributed by atoms with Crippen LogP contribution >= 0.6 is 0 Å². The van der Waals surface area contributed by atoms with Crippen LogP contribution < -0.4 is 0 Å². The third-order valence-electron chi connectivity index (χ3n) is 6.96. The smallest absolute Gasteiger partial charge is 0.254 e. The maximum atomic E-state index is 13.3. The van der Waals surface area contributed by atoms with Crippen LogP contribution in [-0.4, -0.2) is 53.5 Å². The molecular weight excluding hydrogens is 398 g/mol. The fourth-order valence-corrected chi connectivity index (χ4v) is 4.84. The van der Waals surface area contributed by atoms with E-state index in [0.717, 1.165) is 55.6 Å². The Kier molecular flexibility index (Phi) is 5.58. The molecular formula is C27H31N3O2. The van der Waals surface area contributed by atoms with Crippen LogP contribution in [0.3, 0.4) is 0 Å². The molecule has 32 heavy (non-hydrogen) atoms. The number of benzene rings is 2. The van der Waals surface area contributed by atoms with Crippen molar-refractivity contribution in [2.75, 3.05) is 19.6 Å². The zero-order chi connectivity index (χ0) is 22.2. The number of aliphatic imine (C=N–C) groups is 1. The number of rotatable bonds is 6. The van der Waals surface area contributed by atoms with E-state index >= 15 is 0 Å². The Morgan fingerprint density at radius 1 is 1.06 bits per heavy atom. The van der Waals surface area contributed by atoms with E-state index in [4.69, 9.17) is 0 Å². The van der Waals surface area contributed by atoms with Gasteiger partial charge in [0.2, 0.25) is 5.91 Å². The van der Waals surface area contributed by atoms with E-state index < -0.39 is 0 Å². The summed E-state index contributed by atoms with van der Waals surface area (Å²) in [6.07, 6.45) is 5.00. The monoisotopic (exact) mass is 429 g/mol. The van der Waals surface area contributed by atoms with Gasteiger partial charge in [0.1, 0.15) is 0 Å². The van der Waals surface area contributed by atoms with Gasteiger partial charge in [0.25, 0.3) is 5.91 Å². The van der Waals surface area contributed by atoms with Crippen molar-refractivity contribution in [3.8, 4) is 11.1 Å². The molecule has 3 aliphatic rings. The first kappa shape index (κ1) is 20.9. The minimum atomic E-state index is 0.0703. The van der Waals surface area contributed by atoms with Crippen LogP contribution in [0.1, 0.15) is 54.6 Å². The van der Waals surface area contributed by atoms with Crippen LogP contribution in [0.25, 0.3) is 11.1 Å². The Morgan fingerprint density at radius 2 is 1.81 bits per heavy atom. The highest BCUT2D eigenvalue weighted by Gasteiger charge is 2.37. The first-order valence-corrected chi connectivity index (χ1v) is 11.8. The molecule has 0 aromatic heterocycles. The Labute approximate surface area is 190 Å². The summed E-state index contributed by atoms with van der Waals surface area (Å²) in [4.78, 5) is 34.0. The lowest BCUT2D eigenvalue weighted by molar-refractivity contribution is -0.131. The molecule has 2 aliphatic heterocycles. The third-order valence-corrected chi connectivity index (χ3v) is 6.96. The molecule has 2 aromatic carbocycles. The van der Waals surface area contributed by atoms with Gasteiger partial charge in [-0.3, -0.25) is 14.6 Å². The number of fused-ring (bicyclic) bond motifs is 1. The molecule has 5 heteroatoms. The quantitative estimate of drug-likeness (QED) is 0.684. The lowest BCUT2D eigenvalue weighted by atomic mass is 9.99. The molecule has 0 spiro atoms. The molecule has 2 amide bonds. The normalized spacial score (nSPS) is 19.5. The molecule has 5 nitrogen and oxygen atoms in total. The maximum absolute atomic E-state index is 13.3. The number of likely N-dealkylation sites (tertiary alicyclic amines) is 1. The molecule has 1 aliphatic carbocycles. The number of carbonyl (C=O) groups excluding carboxylic acids is 2. The van der Waals surface area contributed by atoms with Crippen molar-refractivity contribution in [2.45, 2.75) is 45.7 Å². The van der Waals surface area contributed by atoms with Crippen LogP contribution in [0.4, 0.5) is 0 Å². The third kappa shape index (κ3) is 4.21. The number of hydrogen-bond donors (Lipinski definition) is 0. The number of nitrogens with zero attached hydrogens (tertiary/aromatic N) is 3. The summed E-state index contributed by atoms with van der Waals surface area (Å²) >= 11 is 0. The number of carbonyl (C=O) groups is 2. The second-order valence-corrected chi connectivity index (χ2v) is 9.73. The van der Waals surface area contributed by atoms with Gasteiger partial charge >= 0.3 is 0 Å². The average molecular weight is 430 g/mol. The zero-order valence-electron chi connectivity index (χ0n) is 19.0. The Hall–Kier alpha value is -2.95. The van der Waals surface area contributed by atoms with Crippen LogP contribution in [-0.2, 0) is 11.3 Å². The summed E-state index contributed by atoms with van der Waals surface area (Å²) in [5.41, 5.74) is 5.42. The molecule has 0 bridgehead atoms. The van der Waals surface area contributed by atoms with E-state index in [9.17, 15) is 9.59 Å². The molecule has 5 rings (SSSR count). The topological polar surface area (TPSA) is 53.0 Å². The van der Waals surface area contributed by atoms with Gasteiger partial charge in [0.15, 0.2) is 0 Å². The van der Waals surface area contributed by atoms with Crippen molar-refractivity contribution in [3.63, 3.8) is 0 Å². The molecule has 0 N–H and O–H groups in total. The predicted molar refractivity (Wildman–Crippen MR) is 127 cm³/mol. The lowest BCUT2D eigenvalue weighted by Crippen LogP contribution is -2.41. The van der Waals surface area contributed by atoms with Crippen molar-refractivity contribution in [1.29, 1.82) is 0 Å². The standard InChI is InChI=1S/C27H31N3O2/c1-18(2)30(17-19-11-12-29(16-19)26(31)21-7-8-21)27(32)22-5-3-20(4-6-22)23-9-10-24-14-28-15-25(24)13-23/h3-6,9-10,13-14,18-19,21H,7-8,11-12,15-17H2,1-2H3/t19-/m1/s1. The number of hydrogen-bond acceptors (Lipinski definition) is 3. The van der Waals surface area contributed by atoms with Gasteiger partial charge in [-0.05, 0) is 79.5 Å². The van der Waals surface area contributed by atoms with E-state index in [1.54, 1.807) is 0 Å². The summed E-state index contributed by atoms with van der Waals surface area (Å²) < 4.78 is 0. The largest absolute Gasteiger partial charge is 0.342 e. The van der Waals surface area contributed by atoms with E-state index in [2.05, 4.69) is 37.0 Å². The average Bonchev–Trinajstić information content (AvgIpc) is 3.36. The van der Waals surface area contributed by atoms with E-state index in [1.165, 1.54) is 11.1 Å². The summed E-state index contributed by atoms with van der Waals surface area (Å²) in [6, 6.07) is 14.5. The van der Waals surface area contributed by atoms with E-state index in [1.807, 2.05) is 40.3 Å². The van der Waals surface area contributed by atoms with Gasteiger partial charge in [-0.25, -0.2) is 0 Å². The highest BCUT2D eigenvalue weighted by molar-refractivity contribution is 5.95. The van der Waals surface area contributed by atoms with Crippen LogP contribution in [0, 0.1) is 11.8 Å². The Morgan fingerprint density at radius 3 is 2.53 bits per heavy atom. The molecule has 0 unspecified atom stereocenters. The Balaban J connectivity index is 1.26. The van der Waals surface area contributed by atoms with Crippen LogP contribution in [0.5, 0.6) is 0 Å². The molecule has 2 aromatic rings. The lowest BCUT2D eigenvalue weighted by Gasteiger charge is -2.30. The van der Waals surface area contributed by atoms with Crippen molar-refractivity contribution in [1.82, 2.24) is 9.80 Å². The van der Waals surface area contributed by atoms with E-state index in [-0.39, 0.29) is 17.9 Å². The molecule has 2 heterocycles. The van der Waals surface area contributed by atoms with Crippen molar-refractivity contribution in [2.24, 2.45) is 16.8 Å². The summed E-state index contributed by atoms with van der Waals surface area (Å²) in [5, 5.41) is 0. The van der Waals surface area contributed by atoms with Crippen LogP contribution in [0.2, 0.25) is 0 Å². The minimum absolute atomic E-state index is 0.0703. The fraction of sp³-hybridized carbons (Fsp3) is 0.444. The molecule has 2 fully saturated rings. The zero-order valence-corrected chi connectivity index (χ0v) is 19.0. The molecule has 1 saturated heterocycles. The van der Waals surface area contributed by atoms with Gasteiger partial charge < -0.3 is 9.80 Å².